The smallest absolute Gasteiger partial charge is 0.325 e. The number of rotatable bonds is 5. The zero-order chi connectivity index (χ0) is 23.5. The summed E-state index contributed by atoms with van der Waals surface area (Å²) >= 11 is 0. The first-order chi connectivity index (χ1) is 16.6. The Bertz CT molecular complexity index is 1390. The Labute approximate surface area is 198 Å². The van der Waals surface area contributed by atoms with Gasteiger partial charge in [0.15, 0.2) is 5.69 Å². The molecule has 0 aliphatic carbocycles. The van der Waals surface area contributed by atoms with Gasteiger partial charge in [0.2, 0.25) is 5.91 Å². The lowest BCUT2D eigenvalue weighted by molar-refractivity contribution is -0.553. The highest BCUT2D eigenvalue weighted by atomic mass is 16.2. The number of nitrogens with zero attached hydrogens (tertiary/aromatic N) is 2. The number of fused-ring (bicyclic) bond motifs is 1. The summed E-state index contributed by atoms with van der Waals surface area (Å²) < 4.78 is 2.14. The van der Waals surface area contributed by atoms with E-state index in [2.05, 4.69) is 58.4 Å². The highest BCUT2D eigenvalue weighted by molar-refractivity contribution is 6.30. The second-order valence-electron chi connectivity index (χ2n) is 8.20. The molecular formula is C29H25N4O+. The number of pyridine rings is 1. The predicted octanol–water partition coefficient (Wildman–Crippen LogP) is 4.81. The summed E-state index contributed by atoms with van der Waals surface area (Å²) in [6, 6.07) is 33.9. The van der Waals surface area contributed by atoms with Crippen LogP contribution < -0.4 is 15.6 Å². The van der Waals surface area contributed by atoms with Crippen LogP contribution in [-0.2, 0) is 4.79 Å². The maximum absolute atomic E-state index is 11.9. The number of carbonyl (C=O) groups is 1. The highest BCUT2D eigenvalue weighted by Crippen LogP contribution is 2.36. The molecule has 3 aromatic carbocycles. The number of anilines is 1. The molecule has 166 valence electrons. The average Bonchev–Trinajstić information content (AvgIpc) is 3.20. The van der Waals surface area contributed by atoms with Gasteiger partial charge in [-0.2, -0.15) is 4.57 Å². The van der Waals surface area contributed by atoms with Crippen molar-refractivity contribution in [1.82, 2.24) is 0 Å². The van der Waals surface area contributed by atoms with Crippen LogP contribution in [0.15, 0.2) is 114 Å². The molecule has 0 fully saturated rings. The van der Waals surface area contributed by atoms with Crippen LogP contribution in [0.4, 0.5) is 11.4 Å². The average molecular weight is 446 g/mol. The number of hydrogen-bond donors (Lipinski definition) is 2. The number of nitrogens with one attached hydrogen (secondary N) is 1. The Morgan fingerprint density at radius 1 is 0.794 bits per heavy atom. The zero-order valence-electron chi connectivity index (χ0n) is 18.8. The predicted molar refractivity (Wildman–Crippen MR) is 137 cm³/mol. The summed E-state index contributed by atoms with van der Waals surface area (Å²) in [4.78, 5) is 17.0. The monoisotopic (exact) mass is 445 g/mol. The summed E-state index contributed by atoms with van der Waals surface area (Å²) in [6.07, 6.45) is 2.05. The number of nitrogens with two attached hydrogens (primary N) is 1. The third-order valence-electron chi connectivity index (χ3n) is 5.73. The van der Waals surface area contributed by atoms with Gasteiger partial charge in [0.1, 0.15) is 5.69 Å². The maximum atomic E-state index is 11.9. The molecule has 5 heteroatoms. The molecule has 1 aliphatic rings. The molecule has 1 aromatic heterocycles. The van der Waals surface area contributed by atoms with E-state index in [9.17, 15) is 4.79 Å². The number of amides is 1. The fraction of sp³-hybridized carbons (Fsp3) is 0.0690. The van der Waals surface area contributed by atoms with E-state index in [1.54, 1.807) is 6.92 Å². The van der Waals surface area contributed by atoms with Crippen LogP contribution in [0.2, 0.25) is 0 Å². The van der Waals surface area contributed by atoms with E-state index in [4.69, 9.17) is 10.7 Å². The molecule has 34 heavy (non-hydrogen) atoms. The van der Waals surface area contributed by atoms with E-state index in [0.717, 1.165) is 39.5 Å². The van der Waals surface area contributed by atoms with E-state index in [-0.39, 0.29) is 5.91 Å². The fourth-order valence-electron chi connectivity index (χ4n) is 4.07. The molecule has 0 radical (unpaired) electrons. The van der Waals surface area contributed by atoms with Crippen LogP contribution in [0.5, 0.6) is 0 Å². The molecule has 0 saturated heterocycles. The molecule has 0 unspecified atom stereocenters. The van der Waals surface area contributed by atoms with E-state index >= 15 is 0 Å². The van der Waals surface area contributed by atoms with E-state index in [0.29, 0.717) is 5.69 Å². The topological polar surface area (TPSA) is 71.4 Å². The minimum absolute atomic E-state index is 0.221. The number of carbonyl (C=O) groups excluding carboxylic acids is 1. The molecule has 1 aliphatic heterocycles. The second-order valence-corrected chi connectivity index (χ2v) is 8.20. The molecule has 0 saturated carbocycles. The van der Waals surface area contributed by atoms with Gasteiger partial charge in [-0.25, -0.2) is 0 Å². The van der Waals surface area contributed by atoms with Gasteiger partial charge < -0.3 is 11.1 Å². The van der Waals surface area contributed by atoms with Crippen molar-refractivity contribution in [3.05, 3.63) is 126 Å². The number of hydrogen-bond acceptors (Lipinski definition) is 3. The van der Waals surface area contributed by atoms with Crippen molar-refractivity contribution in [2.75, 3.05) is 5.32 Å². The standard InChI is InChI=1S/C29H24N4O/c1-20(30)29(34)32-24-17-15-23(16-18-24)31-28-27(22-12-6-3-7-13-22)26(21-10-4-2-5-11-21)25-14-8-9-19-33(25)28/h2-20H,30H2,1H3/p+1/t20-/m0/s1. The van der Waals surface area contributed by atoms with Gasteiger partial charge >= 0.3 is 5.84 Å². The van der Waals surface area contributed by atoms with Gasteiger partial charge in [-0.1, -0.05) is 66.7 Å². The Balaban J connectivity index is 1.65. The largest absolute Gasteiger partial charge is 0.337 e. The van der Waals surface area contributed by atoms with Crippen molar-refractivity contribution in [2.24, 2.45) is 10.7 Å². The normalized spacial score (nSPS) is 14.7. The minimum Gasteiger partial charge on any atom is -0.325 e. The Morgan fingerprint density at radius 3 is 2.00 bits per heavy atom. The lowest BCUT2D eigenvalue weighted by Crippen LogP contribution is -2.42. The second kappa shape index (κ2) is 9.25. The molecule has 5 rings (SSSR count). The molecule has 4 aromatic rings. The van der Waals surface area contributed by atoms with Crippen molar-refractivity contribution in [3.63, 3.8) is 0 Å². The first kappa shape index (κ1) is 21.5. The zero-order valence-corrected chi connectivity index (χ0v) is 18.8. The van der Waals surface area contributed by atoms with Crippen molar-refractivity contribution in [1.29, 1.82) is 0 Å². The van der Waals surface area contributed by atoms with Gasteiger partial charge in [-0.15, -0.1) is 0 Å². The summed E-state index contributed by atoms with van der Waals surface area (Å²) in [6.45, 7) is 1.66. The molecule has 2 heterocycles. The lowest BCUT2D eigenvalue weighted by Gasteiger charge is -2.07. The van der Waals surface area contributed by atoms with E-state index in [1.165, 1.54) is 0 Å². The molecule has 0 spiro atoms. The molecule has 1 amide bonds. The maximum Gasteiger partial charge on any atom is 0.337 e. The van der Waals surface area contributed by atoms with Crippen LogP contribution in [0.25, 0.3) is 11.1 Å². The van der Waals surface area contributed by atoms with Crippen LogP contribution in [0, 0.1) is 0 Å². The third kappa shape index (κ3) is 4.17. The van der Waals surface area contributed by atoms with Crippen LogP contribution in [0.3, 0.4) is 0 Å². The summed E-state index contributed by atoms with van der Waals surface area (Å²) in [5.41, 5.74) is 12.7. The first-order valence-electron chi connectivity index (χ1n) is 11.2. The lowest BCUT2D eigenvalue weighted by atomic mass is 9.94. The van der Waals surface area contributed by atoms with Gasteiger partial charge in [0.25, 0.3) is 0 Å². The highest BCUT2D eigenvalue weighted by Gasteiger charge is 2.36. The quantitative estimate of drug-likeness (QED) is 0.433. The molecule has 1 atom stereocenters. The number of benzene rings is 3. The summed E-state index contributed by atoms with van der Waals surface area (Å²) in [5.74, 6) is 0.633. The fourth-order valence-corrected chi connectivity index (χ4v) is 4.07. The molecule has 5 nitrogen and oxygen atoms in total. The van der Waals surface area contributed by atoms with Crippen molar-refractivity contribution in [2.45, 2.75) is 13.0 Å². The molecule has 3 N–H and O–H groups in total. The van der Waals surface area contributed by atoms with Crippen molar-refractivity contribution >= 4 is 34.3 Å². The number of aromatic nitrogens is 1. The van der Waals surface area contributed by atoms with Crippen molar-refractivity contribution < 1.29 is 9.36 Å². The van der Waals surface area contributed by atoms with Gasteiger partial charge in [-0.3, -0.25) is 4.79 Å². The SMILES string of the molecule is C[C@H](N)C(=O)Nc1ccc(N=C2C(c3ccccc3)=C(c3ccccc3)c3cccc[n+]32)cc1. The van der Waals surface area contributed by atoms with Crippen LogP contribution in [-0.4, -0.2) is 17.8 Å². The Hall–Kier alpha value is -4.35. The number of allylic oxidation sites excluding steroid dienone is 1. The van der Waals surface area contributed by atoms with Gasteiger partial charge in [0, 0.05) is 11.3 Å². The van der Waals surface area contributed by atoms with Crippen LogP contribution in [0.1, 0.15) is 23.7 Å². The molecule has 0 bridgehead atoms. The Morgan fingerprint density at radius 2 is 1.38 bits per heavy atom. The molecular weight excluding hydrogens is 420 g/mol. The summed E-state index contributed by atoms with van der Waals surface area (Å²) in [5, 5.41) is 2.81. The van der Waals surface area contributed by atoms with Crippen molar-refractivity contribution in [3.8, 4) is 0 Å². The first-order valence-corrected chi connectivity index (χ1v) is 11.2. The van der Waals surface area contributed by atoms with Crippen LogP contribution >= 0.6 is 0 Å². The summed E-state index contributed by atoms with van der Waals surface area (Å²) in [7, 11) is 0. The minimum atomic E-state index is -0.568. The number of aliphatic imine (C=N–C) groups is 1. The van der Waals surface area contributed by atoms with E-state index in [1.807, 2.05) is 60.8 Å². The van der Waals surface area contributed by atoms with Gasteiger partial charge in [-0.05, 0) is 59.4 Å². The van der Waals surface area contributed by atoms with Gasteiger partial charge in [0.05, 0.1) is 17.8 Å². The van der Waals surface area contributed by atoms with E-state index < -0.39 is 6.04 Å². The Kier molecular flexibility index (Phi) is 5.85. The third-order valence-corrected chi connectivity index (χ3v) is 5.73.